The Bertz CT molecular complexity index is 1700. The van der Waals surface area contributed by atoms with E-state index in [1.165, 1.54) is 64.1 Å². The molecule has 9 rings (SSSR count). The number of nitrogens with zero attached hydrogens (tertiary/aromatic N) is 2. The molecule has 0 bridgehead atoms. The normalized spacial score (nSPS) is 15.4. The van der Waals surface area contributed by atoms with Gasteiger partial charge in [0.2, 0.25) is 0 Å². The molecular formula is C48H58BrMgN3O4. The second-order valence-electron chi connectivity index (χ2n) is 14.2. The molecule has 1 atom stereocenters. The van der Waals surface area contributed by atoms with Crippen LogP contribution in [0.1, 0.15) is 59.9 Å². The summed E-state index contributed by atoms with van der Waals surface area (Å²) >= 11 is 0. The molecule has 4 aliphatic heterocycles. The second-order valence-corrected chi connectivity index (χ2v) is 14.2. The smallest absolute Gasteiger partial charge is 1.00 e. The van der Waals surface area contributed by atoms with E-state index in [-0.39, 0.29) is 46.1 Å². The summed E-state index contributed by atoms with van der Waals surface area (Å²) in [5.74, 6) is 0. The summed E-state index contributed by atoms with van der Waals surface area (Å²) in [6.45, 7) is 5.92. The fourth-order valence-corrected chi connectivity index (χ4v) is 7.06. The fraction of sp³-hybridized carbons (Fsp3) is 0.375. The molecule has 1 N–H and O–H groups in total. The first-order chi connectivity index (χ1) is 27.3. The molecule has 1 fully saturated rings. The van der Waals surface area contributed by atoms with Gasteiger partial charge in [-0.15, -0.1) is 12.2 Å². The van der Waals surface area contributed by atoms with Crippen LogP contribution in [0.25, 0.3) is 5.32 Å². The van der Waals surface area contributed by atoms with Gasteiger partial charge in [0, 0.05) is 25.4 Å². The number of hydrogen-bond donors (Lipinski definition) is 1. The fourth-order valence-electron chi connectivity index (χ4n) is 7.06. The zero-order valence-corrected chi connectivity index (χ0v) is 36.4. The zero-order valence-electron chi connectivity index (χ0n) is 33.4. The molecule has 0 aromatic heterocycles. The SMILES string of the molecule is [Br-].[Mg+2].c1ccc(CCCON2CCc3ccccc32)cc1.c1ccc(CCCOOCC2CCCCO2)cc1.c1ccc2c(c1)CCN2.c1ccc2c(c1)CC[N-]2. The van der Waals surface area contributed by atoms with E-state index in [2.05, 4.69) is 132 Å². The molecule has 4 heterocycles. The Morgan fingerprint density at radius 3 is 2.00 bits per heavy atom. The average Bonchev–Trinajstić information content (AvgIpc) is 4.03. The summed E-state index contributed by atoms with van der Waals surface area (Å²) in [5, 5.41) is 9.64. The average molecular weight is 845 g/mol. The first-order valence-electron chi connectivity index (χ1n) is 20.3. The van der Waals surface area contributed by atoms with Crippen molar-refractivity contribution >= 4 is 40.1 Å². The monoisotopic (exact) mass is 843 g/mol. The van der Waals surface area contributed by atoms with Gasteiger partial charge >= 0.3 is 23.1 Å². The van der Waals surface area contributed by atoms with E-state index in [9.17, 15) is 0 Å². The molecule has 7 nitrogen and oxygen atoms in total. The van der Waals surface area contributed by atoms with Crippen LogP contribution >= 0.6 is 0 Å². The van der Waals surface area contributed by atoms with E-state index in [1.54, 1.807) is 0 Å². The van der Waals surface area contributed by atoms with Crippen LogP contribution in [-0.4, -0.2) is 75.2 Å². The predicted octanol–water partition coefficient (Wildman–Crippen LogP) is 7.28. The van der Waals surface area contributed by atoms with Gasteiger partial charge in [0.25, 0.3) is 0 Å². The Kier molecular flexibility index (Phi) is 22.2. The number of fused-ring (bicyclic) bond motifs is 3. The van der Waals surface area contributed by atoms with Crippen molar-refractivity contribution in [1.82, 2.24) is 0 Å². The van der Waals surface area contributed by atoms with Gasteiger partial charge in [-0.3, -0.25) is 9.90 Å². The molecule has 5 aromatic rings. The van der Waals surface area contributed by atoms with Crippen molar-refractivity contribution in [3.8, 4) is 0 Å². The van der Waals surface area contributed by atoms with Gasteiger partial charge in [-0.05, 0) is 98.6 Å². The van der Waals surface area contributed by atoms with Crippen molar-refractivity contribution in [3.05, 3.63) is 167 Å². The van der Waals surface area contributed by atoms with E-state index < -0.39 is 0 Å². The number of anilines is 2. The van der Waals surface area contributed by atoms with E-state index >= 15 is 0 Å². The van der Waals surface area contributed by atoms with Crippen LogP contribution < -0.4 is 27.4 Å². The molecule has 5 aromatic carbocycles. The molecular weight excluding hydrogens is 787 g/mol. The Morgan fingerprint density at radius 1 is 0.649 bits per heavy atom. The van der Waals surface area contributed by atoms with Gasteiger partial charge in [-0.25, -0.2) is 9.78 Å². The van der Waals surface area contributed by atoms with E-state index in [4.69, 9.17) is 19.3 Å². The van der Waals surface area contributed by atoms with Crippen LogP contribution in [0.15, 0.2) is 133 Å². The minimum atomic E-state index is 0. The molecule has 57 heavy (non-hydrogen) atoms. The summed E-state index contributed by atoms with van der Waals surface area (Å²) in [4.78, 5) is 16.2. The first-order valence-corrected chi connectivity index (χ1v) is 20.3. The third-order valence-corrected chi connectivity index (χ3v) is 10.1. The van der Waals surface area contributed by atoms with E-state index in [0.29, 0.717) is 13.2 Å². The predicted molar refractivity (Wildman–Crippen MR) is 231 cm³/mol. The molecule has 1 unspecified atom stereocenters. The van der Waals surface area contributed by atoms with Gasteiger partial charge in [0.15, 0.2) is 0 Å². The number of hydrogen-bond acceptors (Lipinski definition) is 6. The summed E-state index contributed by atoms with van der Waals surface area (Å²) in [6, 6.07) is 46.3. The largest absolute Gasteiger partial charge is 2.00 e. The third-order valence-electron chi connectivity index (χ3n) is 10.1. The first kappa shape index (κ1) is 46.3. The van der Waals surface area contributed by atoms with Crippen molar-refractivity contribution in [2.75, 3.05) is 56.4 Å². The molecule has 0 saturated carbocycles. The number of benzene rings is 5. The standard InChI is InChI=1S/C17H19NO.C15H22O3.C8H9N.C8H8N.BrH.Mg/c1-2-7-15(8-3-1)9-6-14-19-18-13-12-16-10-4-5-11-17(16)18;1-2-7-14(8-3-1)9-6-12-17-18-13-15-10-4-5-11-16-15;2*1-2-4-8-7(3-1)5-6-9-8;;/h1-5,7-8,10-11H,6,9,12-14H2;1-3,7-8,15H,4-6,9-13H2;1-4,9H,5-6H2;1-4H,5-6H2;1H;/q;;;-1;;+2/p-1. The summed E-state index contributed by atoms with van der Waals surface area (Å²) < 4.78 is 5.55. The van der Waals surface area contributed by atoms with Crippen molar-refractivity contribution < 1.29 is 36.3 Å². The second kappa shape index (κ2) is 27.3. The maximum absolute atomic E-state index is 5.88. The van der Waals surface area contributed by atoms with Crippen molar-refractivity contribution in [3.63, 3.8) is 0 Å². The number of halogens is 1. The van der Waals surface area contributed by atoms with Gasteiger partial charge in [0.1, 0.15) is 6.61 Å². The van der Waals surface area contributed by atoms with Crippen LogP contribution in [-0.2, 0) is 51.5 Å². The number of aryl methyl sites for hydroxylation is 2. The minimum Gasteiger partial charge on any atom is -1.00 e. The number of ether oxygens (including phenoxy) is 1. The Hall–Kier alpha value is -3.41. The summed E-state index contributed by atoms with van der Waals surface area (Å²) in [7, 11) is 0. The molecule has 0 spiro atoms. The number of hydroxylamine groups is 1. The van der Waals surface area contributed by atoms with Crippen LogP contribution in [0.4, 0.5) is 17.1 Å². The van der Waals surface area contributed by atoms with Crippen molar-refractivity contribution in [2.24, 2.45) is 0 Å². The maximum Gasteiger partial charge on any atom is 2.00 e. The Labute approximate surface area is 367 Å². The Morgan fingerprint density at radius 2 is 1.30 bits per heavy atom. The van der Waals surface area contributed by atoms with E-state index in [0.717, 1.165) is 77.8 Å². The van der Waals surface area contributed by atoms with Crippen LogP contribution in [0.5, 0.6) is 0 Å². The molecule has 1 saturated heterocycles. The molecule has 0 aliphatic carbocycles. The van der Waals surface area contributed by atoms with Crippen molar-refractivity contribution in [1.29, 1.82) is 0 Å². The maximum atomic E-state index is 5.88. The van der Waals surface area contributed by atoms with Crippen LogP contribution in [0.2, 0.25) is 0 Å². The molecule has 0 amide bonds. The molecule has 4 aliphatic rings. The number of rotatable bonds is 12. The van der Waals surface area contributed by atoms with Gasteiger partial charge in [0.05, 0.1) is 25.0 Å². The van der Waals surface area contributed by atoms with E-state index in [1.807, 2.05) is 17.2 Å². The molecule has 9 heteroatoms. The number of nitrogens with one attached hydrogen (secondary N) is 1. The minimum absolute atomic E-state index is 0. The zero-order chi connectivity index (χ0) is 37.6. The Balaban J connectivity index is 0.000000175. The van der Waals surface area contributed by atoms with Crippen LogP contribution in [0.3, 0.4) is 0 Å². The van der Waals surface area contributed by atoms with Crippen molar-refractivity contribution in [2.45, 2.75) is 70.3 Å². The topological polar surface area (TPSA) is 66.3 Å². The summed E-state index contributed by atoms with van der Waals surface area (Å²) in [5.41, 5.74) is 10.7. The quantitative estimate of drug-likeness (QED) is 0.0618. The van der Waals surface area contributed by atoms with Gasteiger partial charge in [-0.1, -0.05) is 127 Å². The van der Waals surface area contributed by atoms with Crippen LogP contribution in [0, 0.1) is 0 Å². The van der Waals surface area contributed by atoms with Gasteiger partial charge < -0.3 is 32.4 Å². The summed E-state index contributed by atoms with van der Waals surface area (Å²) in [6.07, 6.45) is 11.3. The molecule has 0 radical (unpaired) electrons. The third kappa shape index (κ3) is 16.4. The number of para-hydroxylation sites is 3. The molecule has 298 valence electrons. The van der Waals surface area contributed by atoms with Gasteiger partial charge in [-0.2, -0.15) is 0 Å².